The van der Waals surface area contributed by atoms with Gasteiger partial charge in [0.25, 0.3) is 0 Å². The Morgan fingerprint density at radius 2 is 1.46 bits per heavy atom. The van der Waals surface area contributed by atoms with Crippen LogP contribution in [0.1, 0.15) is 53.6 Å². The molecule has 10 nitrogen and oxygen atoms in total. The molecule has 0 bridgehead atoms. The van der Waals surface area contributed by atoms with Crippen LogP contribution in [-0.4, -0.2) is 74.8 Å². The van der Waals surface area contributed by atoms with E-state index in [0.29, 0.717) is 18.4 Å². The molecule has 0 radical (unpaired) electrons. The number of methoxy groups -OCH3 is 2. The fourth-order valence-electron chi connectivity index (χ4n) is 4.37. The van der Waals surface area contributed by atoms with Gasteiger partial charge in [0.05, 0.1) is 24.7 Å². The first kappa shape index (κ1) is 33.7. The average Bonchev–Trinajstić information content (AvgIpc) is 2.96. The van der Waals surface area contributed by atoms with Crippen LogP contribution in [0.25, 0.3) is 0 Å². The highest BCUT2D eigenvalue weighted by molar-refractivity contribution is 7.89. The van der Waals surface area contributed by atoms with Crippen molar-refractivity contribution >= 4 is 27.9 Å². The molecular formula is C30H39NO9S. The largest absolute Gasteiger partial charge is 0.478 e. The molecule has 0 aliphatic heterocycles. The minimum Gasteiger partial charge on any atom is -0.478 e. The van der Waals surface area contributed by atoms with Crippen LogP contribution in [0.2, 0.25) is 0 Å². The van der Waals surface area contributed by atoms with Crippen LogP contribution in [0.4, 0.5) is 0 Å². The third-order valence-electron chi connectivity index (χ3n) is 6.78. The topological polar surface area (TPSA) is 148 Å². The second-order valence-electron chi connectivity index (χ2n) is 9.73. The van der Waals surface area contributed by atoms with Gasteiger partial charge in [-0.15, -0.1) is 0 Å². The second-order valence-corrected chi connectivity index (χ2v) is 11.7. The molecule has 0 amide bonds. The number of aryl methyl sites for hydroxylation is 1. The number of unbranched alkanes of at least 4 members (excludes halogenated alkanes) is 3. The zero-order chi connectivity index (χ0) is 30.5. The predicted molar refractivity (Wildman–Crippen MR) is 153 cm³/mol. The van der Waals surface area contributed by atoms with Gasteiger partial charge in [-0.1, -0.05) is 54.8 Å². The first-order valence-electron chi connectivity index (χ1n) is 13.3. The van der Waals surface area contributed by atoms with E-state index in [0.717, 1.165) is 32.6 Å². The minimum atomic E-state index is -3.83. The summed E-state index contributed by atoms with van der Waals surface area (Å²) in [5, 5.41) is 18.2. The number of hydrogen-bond acceptors (Lipinski definition) is 8. The number of carbonyl (C=O) groups is 3. The molecule has 2 aromatic rings. The van der Waals surface area contributed by atoms with E-state index in [1.165, 1.54) is 28.6 Å². The highest BCUT2D eigenvalue weighted by atomic mass is 32.2. The van der Waals surface area contributed by atoms with E-state index in [2.05, 4.69) is 0 Å². The van der Waals surface area contributed by atoms with Gasteiger partial charge in [0.1, 0.15) is 0 Å². The number of allylic oxidation sites excluding steroid dienone is 1. The molecule has 0 aliphatic rings. The number of hydrogen-bond donors (Lipinski definition) is 2. The Morgan fingerprint density at radius 1 is 0.878 bits per heavy atom. The molecule has 0 unspecified atom stereocenters. The molecule has 0 heterocycles. The van der Waals surface area contributed by atoms with Gasteiger partial charge < -0.3 is 19.7 Å². The van der Waals surface area contributed by atoms with Gasteiger partial charge >= 0.3 is 17.9 Å². The van der Waals surface area contributed by atoms with Gasteiger partial charge in [-0.25, -0.2) is 13.2 Å². The standard InChI is InChI=1S/C30H39NO9S/c1-23-10-16-26(17-11-23)41(37,38)31(19-7-4-5-9-21-32)20-8-6-18-30(28(35)39-2,29(36)40-3)22-24-12-14-25(15-13-24)27(33)34/h6,8,10-17,32H,4-5,7,9,18-22H2,1-3H3,(H,33,34)/b8-6+. The molecule has 2 N–H and O–H groups in total. The maximum atomic E-state index is 13.4. The molecule has 0 aliphatic carbocycles. The zero-order valence-corrected chi connectivity index (χ0v) is 24.6. The number of esters is 2. The van der Waals surface area contributed by atoms with Crippen molar-refractivity contribution in [2.75, 3.05) is 33.9 Å². The molecule has 0 saturated heterocycles. The van der Waals surface area contributed by atoms with Crippen LogP contribution >= 0.6 is 0 Å². The summed E-state index contributed by atoms with van der Waals surface area (Å²) in [6, 6.07) is 12.4. The molecule has 11 heteroatoms. The number of aromatic carboxylic acids is 1. The smallest absolute Gasteiger partial charge is 0.335 e. The number of nitrogens with zero attached hydrogens (tertiary/aromatic N) is 1. The monoisotopic (exact) mass is 589 g/mol. The van der Waals surface area contributed by atoms with Crippen LogP contribution in [0, 0.1) is 12.3 Å². The van der Waals surface area contributed by atoms with Crippen molar-refractivity contribution in [3.05, 3.63) is 77.4 Å². The van der Waals surface area contributed by atoms with E-state index in [1.54, 1.807) is 36.4 Å². The van der Waals surface area contributed by atoms with Crippen molar-refractivity contribution in [1.29, 1.82) is 0 Å². The lowest BCUT2D eigenvalue weighted by Gasteiger charge is -2.27. The first-order chi connectivity index (χ1) is 19.5. The maximum absolute atomic E-state index is 13.4. The van der Waals surface area contributed by atoms with E-state index in [4.69, 9.17) is 19.7 Å². The number of sulfonamides is 1. The summed E-state index contributed by atoms with van der Waals surface area (Å²) in [7, 11) is -1.51. The van der Waals surface area contributed by atoms with E-state index in [1.807, 2.05) is 6.92 Å². The van der Waals surface area contributed by atoms with Crippen molar-refractivity contribution in [1.82, 2.24) is 4.31 Å². The summed E-state index contributed by atoms with van der Waals surface area (Å²) in [5.74, 6) is -2.76. The Balaban J connectivity index is 2.32. The Hall–Kier alpha value is -3.54. The van der Waals surface area contributed by atoms with Crippen molar-refractivity contribution < 1.29 is 42.5 Å². The van der Waals surface area contributed by atoms with Gasteiger partial charge in [0.15, 0.2) is 5.41 Å². The molecule has 0 spiro atoms. The summed E-state index contributed by atoms with van der Waals surface area (Å²) >= 11 is 0. The van der Waals surface area contributed by atoms with Gasteiger partial charge in [0, 0.05) is 19.7 Å². The first-order valence-corrected chi connectivity index (χ1v) is 14.8. The van der Waals surface area contributed by atoms with E-state index in [-0.39, 0.29) is 43.0 Å². The maximum Gasteiger partial charge on any atom is 0.335 e. The van der Waals surface area contributed by atoms with Crippen LogP contribution in [0.5, 0.6) is 0 Å². The number of rotatable bonds is 17. The van der Waals surface area contributed by atoms with E-state index >= 15 is 0 Å². The Labute approximate surface area is 241 Å². The Bertz CT molecular complexity index is 1270. The van der Waals surface area contributed by atoms with Crippen molar-refractivity contribution in [2.45, 2.75) is 50.3 Å². The number of aliphatic hydroxyl groups excluding tert-OH is 1. The zero-order valence-electron chi connectivity index (χ0n) is 23.7. The Kier molecular flexibility index (Phi) is 13.2. The third kappa shape index (κ3) is 9.24. The van der Waals surface area contributed by atoms with Gasteiger partial charge in [-0.3, -0.25) is 9.59 Å². The number of aliphatic hydroxyl groups is 1. The second kappa shape index (κ2) is 16.0. The number of carboxylic acids is 1. The quantitative estimate of drug-likeness (QED) is 0.122. The van der Waals surface area contributed by atoms with Gasteiger partial charge in [-0.05, 0) is 62.4 Å². The van der Waals surface area contributed by atoms with E-state index in [9.17, 15) is 22.8 Å². The number of carbonyl (C=O) groups excluding carboxylic acids is 2. The Morgan fingerprint density at radius 3 is 2.00 bits per heavy atom. The molecule has 0 fully saturated rings. The summed E-state index contributed by atoms with van der Waals surface area (Å²) in [4.78, 5) is 37.3. The molecule has 0 atom stereocenters. The highest BCUT2D eigenvalue weighted by Gasteiger charge is 2.47. The summed E-state index contributed by atoms with van der Waals surface area (Å²) in [6.07, 6.45) is 5.66. The number of benzene rings is 2. The third-order valence-corrected chi connectivity index (χ3v) is 8.65. The van der Waals surface area contributed by atoms with Crippen molar-refractivity contribution in [2.24, 2.45) is 5.41 Å². The fourth-order valence-corrected chi connectivity index (χ4v) is 5.80. The number of carboxylic acid groups (broad SMARTS) is 1. The molecule has 224 valence electrons. The average molecular weight is 590 g/mol. The van der Waals surface area contributed by atoms with Gasteiger partial charge in [0.2, 0.25) is 10.0 Å². The fraction of sp³-hybridized carbons (Fsp3) is 0.433. The molecular weight excluding hydrogens is 550 g/mol. The molecule has 2 aromatic carbocycles. The van der Waals surface area contributed by atoms with E-state index < -0.39 is 33.3 Å². The SMILES string of the molecule is COC(=O)C(C/C=C/CN(CCCCCCO)S(=O)(=O)c1ccc(C)cc1)(Cc1ccc(C(=O)O)cc1)C(=O)OC. The molecule has 0 aromatic heterocycles. The van der Waals surface area contributed by atoms with Crippen LogP contribution in [0.3, 0.4) is 0 Å². The molecule has 0 saturated carbocycles. The summed E-state index contributed by atoms with van der Waals surface area (Å²) in [6.45, 7) is 2.20. The van der Waals surface area contributed by atoms with Crippen LogP contribution in [0.15, 0.2) is 65.6 Å². The highest BCUT2D eigenvalue weighted by Crippen LogP contribution is 2.32. The molecule has 2 rings (SSSR count). The van der Waals surface area contributed by atoms with Gasteiger partial charge in [-0.2, -0.15) is 4.31 Å². The van der Waals surface area contributed by atoms with Crippen molar-refractivity contribution in [3.8, 4) is 0 Å². The lowest BCUT2D eigenvalue weighted by atomic mass is 9.78. The number of ether oxygens (including phenoxy) is 2. The predicted octanol–water partition coefficient (Wildman–Crippen LogP) is 3.76. The lowest BCUT2D eigenvalue weighted by Crippen LogP contribution is -2.43. The van der Waals surface area contributed by atoms with Crippen molar-refractivity contribution in [3.63, 3.8) is 0 Å². The summed E-state index contributed by atoms with van der Waals surface area (Å²) in [5.41, 5.74) is -0.262. The minimum absolute atomic E-state index is 0.00193. The van der Waals surface area contributed by atoms with Crippen LogP contribution < -0.4 is 0 Å². The normalized spacial score (nSPS) is 12.0. The van der Waals surface area contributed by atoms with Crippen LogP contribution in [-0.2, 0) is 35.5 Å². The molecule has 41 heavy (non-hydrogen) atoms. The lowest BCUT2D eigenvalue weighted by molar-refractivity contribution is -0.169. The summed E-state index contributed by atoms with van der Waals surface area (Å²) < 4.78 is 38.2.